The van der Waals surface area contributed by atoms with Gasteiger partial charge in [0, 0.05) is 18.1 Å². The molecule has 8 heteroatoms. The van der Waals surface area contributed by atoms with Crippen molar-refractivity contribution in [3.63, 3.8) is 0 Å². The zero-order chi connectivity index (χ0) is 19.8. The number of rotatable bonds is 9. The Morgan fingerprint density at radius 2 is 1.89 bits per heavy atom. The number of hydrogen-bond acceptors (Lipinski definition) is 4. The van der Waals surface area contributed by atoms with E-state index >= 15 is 0 Å². The smallest absolute Gasteiger partial charge is 0.343 e. The molecule has 0 aliphatic rings. The van der Waals surface area contributed by atoms with E-state index in [2.05, 4.69) is 15.5 Å². The van der Waals surface area contributed by atoms with Crippen LogP contribution in [0.3, 0.4) is 0 Å². The van der Waals surface area contributed by atoms with Crippen molar-refractivity contribution in [2.45, 2.75) is 24.5 Å². The first-order chi connectivity index (χ1) is 13.6. The molecule has 0 atom stereocenters. The molecule has 6 nitrogen and oxygen atoms in total. The van der Waals surface area contributed by atoms with Gasteiger partial charge in [-0.2, -0.15) is 0 Å². The van der Waals surface area contributed by atoms with Gasteiger partial charge in [0.05, 0.1) is 5.75 Å². The van der Waals surface area contributed by atoms with E-state index in [4.69, 9.17) is 11.6 Å². The van der Waals surface area contributed by atoms with Gasteiger partial charge in [0.25, 0.3) is 0 Å². The third-order valence-electron chi connectivity index (χ3n) is 4.15. The molecule has 3 aromatic rings. The van der Waals surface area contributed by atoms with Crippen LogP contribution in [0.4, 0.5) is 0 Å². The third kappa shape index (κ3) is 6.00. The van der Waals surface area contributed by atoms with E-state index in [9.17, 15) is 9.59 Å². The first-order valence-electron chi connectivity index (χ1n) is 8.95. The molecule has 1 amide bonds. The number of nitrogens with one attached hydrogen (secondary N) is 2. The summed E-state index contributed by atoms with van der Waals surface area (Å²) in [7, 11) is 0. The van der Waals surface area contributed by atoms with Crippen LogP contribution in [-0.2, 0) is 24.2 Å². The van der Waals surface area contributed by atoms with Gasteiger partial charge in [0.2, 0.25) is 5.91 Å². The molecule has 3 rings (SSSR count). The fourth-order valence-electron chi connectivity index (χ4n) is 2.72. The Bertz CT molecular complexity index is 972. The molecule has 2 N–H and O–H groups in total. The molecule has 0 saturated heterocycles. The zero-order valence-corrected chi connectivity index (χ0v) is 16.8. The molecule has 0 unspecified atom stereocenters. The Labute approximate surface area is 172 Å². The van der Waals surface area contributed by atoms with Crippen molar-refractivity contribution < 1.29 is 4.79 Å². The van der Waals surface area contributed by atoms with Crippen molar-refractivity contribution in [2.24, 2.45) is 0 Å². The lowest BCUT2D eigenvalue weighted by Crippen LogP contribution is -2.27. The normalized spacial score (nSPS) is 10.8. The highest BCUT2D eigenvalue weighted by molar-refractivity contribution is 7.99. The summed E-state index contributed by atoms with van der Waals surface area (Å²) in [5.41, 5.74) is 1.95. The molecule has 1 aromatic heterocycles. The number of hydrogen-bond donors (Lipinski definition) is 2. The molecule has 1 heterocycles. The van der Waals surface area contributed by atoms with Gasteiger partial charge < -0.3 is 5.32 Å². The highest BCUT2D eigenvalue weighted by atomic mass is 35.5. The number of aromatic amines is 1. The maximum absolute atomic E-state index is 12.1. The number of aromatic nitrogens is 3. The molecular formula is C20H21ClN4O2S. The molecular weight excluding hydrogens is 396 g/mol. The Morgan fingerprint density at radius 1 is 1.11 bits per heavy atom. The van der Waals surface area contributed by atoms with E-state index in [1.807, 2.05) is 54.6 Å². The van der Waals surface area contributed by atoms with Gasteiger partial charge in [0.1, 0.15) is 0 Å². The minimum Gasteiger partial charge on any atom is -0.355 e. The summed E-state index contributed by atoms with van der Waals surface area (Å²) in [6.45, 7) is 1.04. The second kappa shape index (κ2) is 10.1. The lowest BCUT2D eigenvalue weighted by molar-refractivity contribution is -0.118. The predicted molar refractivity (Wildman–Crippen MR) is 112 cm³/mol. The van der Waals surface area contributed by atoms with E-state index in [-0.39, 0.29) is 17.3 Å². The molecule has 0 aliphatic carbocycles. The molecule has 0 saturated carbocycles. The van der Waals surface area contributed by atoms with Crippen LogP contribution >= 0.6 is 23.4 Å². The van der Waals surface area contributed by atoms with Crippen molar-refractivity contribution in [1.82, 2.24) is 20.1 Å². The highest BCUT2D eigenvalue weighted by Crippen LogP contribution is 2.14. The van der Waals surface area contributed by atoms with Gasteiger partial charge >= 0.3 is 5.69 Å². The first-order valence-corrected chi connectivity index (χ1v) is 10.3. The molecule has 0 aliphatic heterocycles. The second-order valence-corrected chi connectivity index (χ2v) is 7.60. The van der Waals surface area contributed by atoms with E-state index < -0.39 is 0 Å². The second-order valence-electron chi connectivity index (χ2n) is 6.22. The summed E-state index contributed by atoms with van der Waals surface area (Å²) < 4.78 is 1.57. The van der Waals surface area contributed by atoms with Crippen molar-refractivity contribution in [1.29, 1.82) is 0 Å². The maximum Gasteiger partial charge on any atom is 0.343 e. The number of nitrogens with zero attached hydrogens (tertiary/aromatic N) is 2. The number of carbonyl (C=O) groups excluding carboxylic acids is 1. The van der Waals surface area contributed by atoms with Crippen LogP contribution < -0.4 is 11.0 Å². The topological polar surface area (TPSA) is 79.8 Å². The number of thioether (sulfide) groups is 1. The van der Waals surface area contributed by atoms with Gasteiger partial charge in [0.15, 0.2) is 5.16 Å². The van der Waals surface area contributed by atoms with Gasteiger partial charge in [-0.15, -0.1) is 5.10 Å². The van der Waals surface area contributed by atoms with Crippen LogP contribution in [0, 0.1) is 0 Å². The van der Waals surface area contributed by atoms with Crippen molar-refractivity contribution in [3.8, 4) is 0 Å². The van der Waals surface area contributed by atoms with Crippen molar-refractivity contribution in [3.05, 3.63) is 81.2 Å². The number of carbonyl (C=O) groups is 1. The van der Waals surface area contributed by atoms with Crippen LogP contribution in [0.2, 0.25) is 5.02 Å². The van der Waals surface area contributed by atoms with Crippen LogP contribution in [-0.4, -0.2) is 33.0 Å². The molecule has 0 fully saturated rings. The lowest BCUT2D eigenvalue weighted by Gasteiger charge is -2.07. The van der Waals surface area contributed by atoms with Crippen molar-refractivity contribution in [2.75, 3.05) is 12.3 Å². The fraction of sp³-hybridized carbons (Fsp3) is 0.250. The Morgan fingerprint density at radius 3 is 2.68 bits per heavy atom. The minimum absolute atomic E-state index is 0.0999. The largest absolute Gasteiger partial charge is 0.355 e. The molecule has 0 bridgehead atoms. The van der Waals surface area contributed by atoms with E-state index in [0.717, 1.165) is 17.5 Å². The van der Waals surface area contributed by atoms with Gasteiger partial charge in [-0.3, -0.25) is 9.36 Å². The van der Waals surface area contributed by atoms with Crippen molar-refractivity contribution >= 4 is 29.3 Å². The summed E-state index contributed by atoms with van der Waals surface area (Å²) in [4.78, 5) is 24.1. The zero-order valence-electron chi connectivity index (χ0n) is 15.2. The van der Waals surface area contributed by atoms with Gasteiger partial charge in [-0.1, -0.05) is 65.8 Å². The Hall–Kier alpha value is -2.51. The van der Waals surface area contributed by atoms with Gasteiger partial charge in [-0.05, 0) is 36.1 Å². The summed E-state index contributed by atoms with van der Waals surface area (Å²) in [6.07, 6.45) is 1.43. The molecule has 2 aromatic carbocycles. The monoisotopic (exact) mass is 416 g/mol. The van der Waals surface area contributed by atoms with Crippen LogP contribution in [0.5, 0.6) is 0 Å². The van der Waals surface area contributed by atoms with Gasteiger partial charge in [-0.25, -0.2) is 9.89 Å². The summed E-state index contributed by atoms with van der Waals surface area (Å²) in [5.74, 6) is 0.0997. The third-order valence-corrected chi connectivity index (χ3v) is 5.36. The predicted octanol–water partition coefficient (Wildman–Crippen LogP) is 2.92. The number of amides is 1. The fourth-order valence-corrected chi connectivity index (χ4v) is 3.73. The number of halogens is 1. The minimum atomic E-state index is -0.264. The summed E-state index contributed by atoms with van der Waals surface area (Å²) in [5, 5.41) is 10.6. The number of benzene rings is 2. The van der Waals surface area contributed by atoms with E-state index in [1.165, 1.54) is 11.8 Å². The van der Waals surface area contributed by atoms with E-state index in [0.29, 0.717) is 29.7 Å². The highest BCUT2D eigenvalue weighted by Gasteiger charge is 2.11. The average Bonchev–Trinajstić information content (AvgIpc) is 3.05. The number of aryl methyl sites for hydroxylation is 1. The van der Waals surface area contributed by atoms with E-state index in [1.54, 1.807) is 4.57 Å². The molecule has 0 spiro atoms. The quantitative estimate of drug-likeness (QED) is 0.525. The SMILES string of the molecule is O=C(CSc1n[nH]c(=O)n1CCc1ccccc1)NCCc1cccc(Cl)c1. The van der Waals surface area contributed by atoms with Crippen LogP contribution in [0.25, 0.3) is 0 Å². The summed E-state index contributed by atoms with van der Waals surface area (Å²) >= 11 is 7.20. The molecule has 28 heavy (non-hydrogen) atoms. The maximum atomic E-state index is 12.1. The average molecular weight is 417 g/mol. The molecule has 146 valence electrons. The van der Waals surface area contributed by atoms with Crippen LogP contribution in [0.15, 0.2) is 64.5 Å². The number of H-pyrrole nitrogens is 1. The van der Waals surface area contributed by atoms with Crippen LogP contribution in [0.1, 0.15) is 11.1 Å². The first kappa shape index (κ1) is 20.2. The summed E-state index contributed by atoms with van der Waals surface area (Å²) in [6, 6.07) is 17.5. The standard InChI is InChI=1S/C20H21ClN4O2S/c21-17-8-4-7-16(13-17)9-11-22-18(26)14-28-20-24-23-19(27)25(20)12-10-15-5-2-1-3-6-15/h1-8,13H,9-12,14H2,(H,22,26)(H,23,27). The Balaban J connectivity index is 1.46. The molecule has 0 radical (unpaired) electrons. The Kier molecular flexibility index (Phi) is 7.33. The lowest BCUT2D eigenvalue weighted by atomic mass is 10.1.